The molecular formula is C43H24N2O. The molecule has 0 unspecified atom stereocenters. The molecule has 0 atom stereocenters. The van der Waals surface area contributed by atoms with Crippen LogP contribution in [0.1, 0.15) is 5.56 Å². The van der Waals surface area contributed by atoms with Gasteiger partial charge >= 0.3 is 0 Å². The Labute approximate surface area is 263 Å². The van der Waals surface area contributed by atoms with Crippen LogP contribution in [0.25, 0.3) is 92.9 Å². The second-order valence-electron chi connectivity index (χ2n) is 12.1. The van der Waals surface area contributed by atoms with Gasteiger partial charge in [0.2, 0.25) is 0 Å². The number of aromatic nitrogens is 1. The van der Waals surface area contributed by atoms with Crippen LogP contribution >= 0.6 is 0 Å². The Bertz CT molecular complexity index is 2930. The highest BCUT2D eigenvalue weighted by Crippen LogP contribution is 2.44. The predicted molar refractivity (Wildman–Crippen MR) is 191 cm³/mol. The largest absolute Gasteiger partial charge is 0.455 e. The van der Waals surface area contributed by atoms with Crippen LogP contribution in [-0.4, -0.2) is 4.57 Å². The number of hydrogen-bond acceptors (Lipinski definition) is 2. The van der Waals surface area contributed by atoms with E-state index in [9.17, 15) is 5.26 Å². The zero-order valence-corrected chi connectivity index (χ0v) is 24.7. The number of benzene rings is 8. The summed E-state index contributed by atoms with van der Waals surface area (Å²) in [5, 5.41) is 21.4. The van der Waals surface area contributed by atoms with Crippen molar-refractivity contribution < 1.29 is 4.42 Å². The van der Waals surface area contributed by atoms with Gasteiger partial charge in [0.15, 0.2) is 0 Å². The molecule has 0 fully saturated rings. The van der Waals surface area contributed by atoms with Gasteiger partial charge in [-0.1, -0.05) is 91.0 Å². The Morgan fingerprint density at radius 1 is 0.500 bits per heavy atom. The normalized spacial score (nSPS) is 11.9. The van der Waals surface area contributed by atoms with Crippen LogP contribution in [0.15, 0.2) is 150 Å². The van der Waals surface area contributed by atoms with E-state index in [0.29, 0.717) is 5.56 Å². The summed E-state index contributed by atoms with van der Waals surface area (Å²) in [5.41, 5.74) is 7.81. The summed E-state index contributed by atoms with van der Waals surface area (Å²) in [6.07, 6.45) is 0. The first-order valence-corrected chi connectivity index (χ1v) is 15.5. The molecule has 0 aliphatic rings. The van der Waals surface area contributed by atoms with Crippen LogP contribution in [0.4, 0.5) is 0 Å². The fraction of sp³-hybridized carbons (Fsp3) is 0. The van der Waals surface area contributed by atoms with Crippen molar-refractivity contribution >= 4 is 76.1 Å². The molecule has 46 heavy (non-hydrogen) atoms. The molecule has 3 nitrogen and oxygen atoms in total. The lowest BCUT2D eigenvalue weighted by atomic mass is 9.94. The minimum atomic E-state index is 0.646. The quantitative estimate of drug-likeness (QED) is 0.203. The van der Waals surface area contributed by atoms with Gasteiger partial charge in [0, 0.05) is 32.8 Å². The Morgan fingerprint density at radius 3 is 2.00 bits per heavy atom. The lowest BCUT2D eigenvalue weighted by Gasteiger charge is -2.10. The number of furan rings is 1. The average molecular weight is 585 g/mol. The maximum atomic E-state index is 9.84. The first-order chi connectivity index (χ1) is 22.7. The van der Waals surface area contributed by atoms with Crippen molar-refractivity contribution in [3.8, 4) is 22.9 Å². The molecule has 0 saturated heterocycles. The predicted octanol–water partition coefficient (Wildman–Crippen LogP) is 11.7. The summed E-state index contributed by atoms with van der Waals surface area (Å²) in [4.78, 5) is 0. The molecule has 0 spiro atoms. The molecule has 10 rings (SSSR count). The molecule has 0 bridgehead atoms. The van der Waals surface area contributed by atoms with Crippen molar-refractivity contribution in [1.29, 1.82) is 5.26 Å². The standard InChI is InChI=1S/C43H24N2O/c44-25-26-13-18-38-36(21-26)37-24-31(15-19-39(37)45(38)32-17-14-27-7-1-2-9-29(27)22-32)35-23-30-10-4-6-12-34(30)42-41-33-11-5-3-8-28(33)16-20-40(41)46-43(35)42/h1-24H. The summed E-state index contributed by atoms with van der Waals surface area (Å²) in [5.74, 6) is 0. The number of hydrogen-bond donors (Lipinski definition) is 0. The molecule has 0 aliphatic carbocycles. The van der Waals surface area contributed by atoms with Crippen LogP contribution < -0.4 is 0 Å². The highest BCUT2D eigenvalue weighted by molar-refractivity contribution is 6.29. The molecule has 8 aromatic carbocycles. The maximum Gasteiger partial charge on any atom is 0.143 e. The lowest BCUT2D eigenvalue weighted by molar-refractivity contribution is 0.670. The first-order valence-electron chi connectivity index (χ1n) is 15.5. The van der Waals surface area contributed by atoms with Gasteiger partial charge in [0.25, 0.3) is 0 Å². The van der Waals surface area contributed by atoms with Crippen molar-refractivity contribution in [3.63, 3.8) is 0 Å². The minimum Gasteiger partial charge on any atom is -0.455 e. The Hall–Kier alpha value is -6.37. The molecule has 0 saturated carbocycles. The third-order valence-corrected chi connectivity index (χ3v) is 9.55. The van der Waals surface area contributed by atoms with Gasteiger partial charge in [-0.15, -0.1) is 0 Å². The third kappa shape index (κ3) is 3.47. The lowest BCUT2D eigenvalue weighted by Crippen LogP contribution is -1.94. The number of fused-ring (bicyclic) bond motifs is 11. The minimum absolute atomic E-state index is 0.646. The van der Waals surface area contributed by atoms with E-state index in [4.69, 9.17) is 4.42 Å². The van der Waals surface area contributed by atoms with E-state index in [1.54, 1.807) is 0 Å². The van der Waals surface area contributed by atoms with Crippen LogP contribution in [0, 0.1) is 11.3 Å². The molecule has 212 valence electrons. The Kier molecular flexibility index (Phi) is 5.06. The van der Waals surface area contributed by atoms with Crippen LogP contribution in [-0.2, 0) is 0 Å². The van der Waals surface area contributed by atoms with Crippen molar-refractivity contribution in [2.24, 2.45) is 0 Å². The fourth-order valence-corrected chi connectivity index (χ4v) is 7.46. The topological polar surface area (TPSA) is 41.9 Å². The smallest absolute Gasteiger partial charge is 0.143 e. The van der Waals surface area contributed by atoms with Gasteiger partial charge in [-0.05, 0) is 92.5 Å². The van der Waals surface area contributed by atoms with Gasteiger partial charge in [0.05, 0.1) is 22.7 Å². The van der Waals surface area contributed by atoms with E-state index < -0.39 is 0 Å². The zero-order valence-electron chi connectivity index (χ0n) is 24.7. The highest BCUT2D eigenvalue weighted by Gasteiger charge is 2.20. The molecule has 0 amide bonds. The van der Waals surface area contributed by atoms with E-state index in [0.717, 1.165) is 60.6 Å². The Morgan fingerprint density at radius 2 is 1.17 bits per heavy atom. The van der Waals surface area contributed by atoms with E-state index in [1.165, 1.54) is 32.3 Å². The third-order valence-electron chi connectivity index (χ3n) is 9.55. The highest BCUT2D eigenvalue weighted by atomic mass is 16.3. The van der Waals surface area contributed by atoms with Crippen LogP contribution in [0.3, 0.4) is 0 Å². The molecule has 0 aliphatic heterocycles. The van der Waals surface area contributed by atoms with Gasteiger partial charge in [-0.2, -0.15) is 5.26 Å². The molecule has 10 aromatic rings. The number of nitrogens with zero attached hydrogens (tertiary/aromatic N) is 2. The van der Waals surface area contributed by atoms with E-state index in [-0.39, 0.29) is 0 Å². The zero-order chi connectivity index (χ0) is 30.4. The van der Waals surface area contributed by atoms with Crippen molar-refractivity contribution in [2.75, 3.05) is 0 Å². The summed E-state index contributed by atoms with van der Waals surface area (Å²) in [6, 6.07) is 53.7. The molecular weight excluding hydrogens is 560 g/mol. The fourth-order valence-electron chi connectivity index (χ4n) is 7.46. The van der Waals surface area contributed by atoms with E-state index in [2.05, 4.69) is 144 Å². The van der Waals surface area contributed by atoms with Crippen molar-refractivity contribution in [1.82, 2.24) is 4.57 Å². The van der Waals surface area contributed by atoms with Crippen molar-refractivity contribution in [2.45, 2.75) is 0 Å². The summed E-state index contributed by atoms with van der Waals surface area (Å²) >= 11 is 0. The van der Waals surface area contributed by atoms with Gasteiger partial charge < -0.3 is 8.98 Å². The maximum absolute atomic E-state index is 9.84. The van der Waals surface area contributed by atoms with Gasteiger partial charge in [-0.25, -0.2) is 0 Å². The monoisotopic (exact) mass is 584 g/mol. The van der Waals surface area contributed by atoms with Crippen LogP contribution in [0.5, 0.6) is 0 Å². The first kappa shape index (κ1) is 25.0. The van der Waals surface area contributed by atoms with Gasteiger partial charge in [0.1, 0.15) is 11.2 Å². The molecule has 0 radical (unpaired) electrons. The number of nitriles is 1. The van der Waals surface area contributed by atoms with Crippen LogP contribution in [0.2, 0.25) is 0 Å². The molecule has 3 heteroatoms. The van der Waals surface area contributed by atoms with Gasteiger partial charge in [-0.3, -0.25) is 0 Å². The van der Waals surface area contributed by atoms with Crippen molar-refractivity contribution in [3.05, 3.63) is 151 Å². The molecule has 2 aromatic heterocycles. The van der Waals surface area contributed by atoms with E-state index >= 15 is 0 Å². The SMILES string of the molecule is N#Cc1ccc2c(c1)c1cc(-c3cc4ccccc4c4c3oc3ccc5ccccc5c34)ccc1n2-c1ccc2ccccc2c1. The van der Waals surface area contributed by atoms with E-state index in [1.807, 2.05) is 12.1 Å². The second-order valence-corrected chi connectivity index (χ2v) is 12.1. The summed E-state index contributed by atoms with van der Waals surface area (Å²) in [7, 11) is 0. The molecule has 2 heterocycles. The average Bonchev–Trinajstić information content (AvgIpc) is 3.67. The number of rotatable bonds is 2. The Balaban J connectivity index is 1.30. The molecule has 0 N–H and O–H groups in total. The second kappa shape index (κ2) is 9.32. The summed E-state index contributed by atoms with van der Waals surface area (Å²) in [6.45, 7) is 0. The summed E-state index contributed by atoms with van der Waals surface area (Å²) < 4.78 is 9.07.